The third-order valence-corrected chi connectivity index (χ3v) is 2.57. The maximum absolute atomic E-state index is 3.04. The molecule has 2 heteroatoms. The fourth-order valence-corrected chi connectivity index (χ4v) is 1.65. The Balaban J connectivity index is 2.03. The van der Waals surface area contributed by atoms with Crippen molar-refractivity contribution in [2.24, 2.45) is 0 Å². The molecular formula is C11H15N2. The standard InChI is InChI=1S/C11H15N2/c1-12-7-9-13(10-8-12)11-5-3-2-4-6-11/h3-6H,7-10H2,1H3. The maximum atomic E-state index is 3.04. The SMILES string of the molecule is CN1CCN(c2cc[c]cc2)CC1. The van der Waals surface area contributed by atoms with E-state index in [2.05, 4.69) is 35.0 Å². The van der Waals surface area contributed by atoms with Gasteiger partial charge in [-0.1, -0.05) is 12.1 Å². The van der Waals surface area contributed by atoms with Crippen LogP contribution in [0.25, 0.3) is 0 Å². The van der Waals surface area contributed by atoms with Crippen molar-refractivity contribution in [3.05, 3.63) is 30.3 Å². The number of likely N-dealkylation sites (N-methyl/N-ethyl adjacent to an activating group) is 1. The number of nitrogens with zero attached hydrogens (tertiary/aromatic N) is 2. The molecule has 1 aromatic rings. The van der Waals surface area contributed by atoms with Crippen molar-refractivity contribution < 1.29 is 0 Å². The Morgan fingerprint density at radius 1 is 1.08 bits per heavy atom. The van der Waals surface area contributed by atoms with Gasteiger partial charge >= 0.3 is 0 Å². The van der Waals surface area contributed by atoms with Crippen molar-refractivity contribution in [2.45, 2.75) is 0 Å². The van der Waals surface area contributed by atoms with Gasteiger partial charge in [0, 0.05) is 31.9 Å². The van der Waals surface area contributed by atoms with Crippen molar-refractivity contribution in [1.82, 2.24) is 4.90 Å². The fraction of sp³-hybridized carbons (Fsp3) is 0.455. The van der Waals surface area contributed by atoms with Gasteiger partial charge in [0.2, 0.25) is 0 Å². The summed E-state index contributed by atoms with van der Waals surface area (Å²) in [7, 11) is 2.18. The molecule has 0 atom stereocenters. The van der Waals surface area contributed by atoms with E-state index in [1.165, 1.54) is 18.8 Å². The van der Waals surface area contributed by atoms with E-state index >= 15 is 0 Å². The van der Waals surface area contributed by atoms with Gasteiger partial charge in [-0.25, -0.2) is 0 Å². The Morgan fingerprint density at radius 2 is 1.69 bits per heavy atom. The number of rotatable bonds is 1. The van der Waals surface area contributed by atoms with Gasteiger partial charge in [-0.05, 0) is 25.2 Å². The molecule has 0 bridgehead atoms. The van der Waals surface area contributed by atoms with E-state index in [1.54, 1.807) is 0 Å². The van der Waals surface area contributed by atoms with Gasteiger partial charge in [-0.15, -0.1) is 0 Å². The van der Waals surface area contributed by atoms with Crippen LogP contribution in [0.3, 0.4) is 0 Å². The summed E-state index contributed by atoms with van der Waals surface area (Å²) < 4.78 is 0. The summed E-state index contributed by atoms with van der Waals surface area (Å²) >= 11 is 0. The molecule has 1 fully saturated rings. The van der Waals surface area contributed by atoms with E-state index < -0.39 is 0 Å². The molecule has 1 heterocycles. The van der Waals surface area contributed by atoms with Crippen molar-refractivity contribution in [2.75, 3.05) is 38.1 Å². The van der Waals surface area contributed by atoms with Crippen molar-refractivity contribution in [3.63, 3.8) is 0 Å². The molecular weight excluding hydrogens is 160 g/mol. The average molecular weight is 175 g/mol. The third kappa shape index (κ3) is 2.01. The molecule has 1 aliphatic heterocycles. The Kier molecular flexibility index (Phi) is 2.50. The zero-order valence-electron chi connectivity index (χ0n) is 8.03. The van der Waals surface area contributed by atoms with E-state index in [9.17, 15) is 0 Å². The number of hydrogen-bond donors (Lipinski definition) is 0. The molecule has 2 rings (SSSR count). The second kappa shape index (κ2) is 3.79. The Hall–Kier alpha value is -1.02. The minimum Gasteiger partial charge on any atom is -0.369 e. The van der Waals surface area contributed by atoms with Crippen molar-refractivity contribution in [1.29, 1.82) is 0 Å². The molecule has 1 saturated heterocycles. The molecule has 0 amide bonds. The van der Waals surface area contributed by atoms with Gasteiger partial charge in [-0.2, -0.15) is 0 Å². The summed E-state index contributed by atoms with van der Waals surface area (Å²) in [6.07, 6.45) is 0. The Morgan fingerprint density at radius 3 is 2.31 bits per heavy atom. The number of hydrogen-bond acceptors (Lipinski definition) is 2. The van der Waals surface area contributed by atoms with Crippen LogP contribution in [-0.4, -0.2) is 38.1 Å². The highest BCUT2D eigenvalue weighted by molar-refractivity contribution is 5.46. The Labute approximate surface area is 79.8 Å². The number of piperazine rings is 1. The summed E-state index contributed by atoms with van der Waals surface area (Å²) in [5.41, 5.74) is 1.33. The molecule has 1 radical (unpaired) electrons. The monoisotopic (exact) mass is 175 g/mol. The van der Waals surface area contributed by atoms with Crippen LogP contribution in [0.2, 0.25) is 0 Å². The summed E-state index contributed by atoms with van der Waals surface area (Å²) in [6, 6.07) is 11.3. The molecule has 0 unspecified atom stereocenters. The summed E-state index contributed by atoms with van der Waals surface area (Å²) in [6.45, 7) is 4.61. The quantitative estimate of drug-likeness (QED) is 0.633. The average Bonchev–Trinajstić information content (AvgIpc) is 2.20. The van der Waals surface area contributed by atoms with Crippen LogP contribution in [0.15, 0.2) is 24.3 Å². The number of benzene rings is 1. The van der Waals surface area contributed by atoms with Gasteiger partial charge in [-0.3, -0.25) is 0 Å². The van der Waals surface area contributed by atoms with E-state index in [1.807, 2.05) is 12.1 Å². The van der Waals surface area contributed by atoms with Gasteiger partial charge in [0.1, 0.15) is 0 Å². The predicted octanol–water partition coefficient (Wildman–Crippen LogP) is 1.24. The third-order valence-electron chi connectivity index (χ3n) is 2.57. The predicted molar refractivity (Wildman–Crippen MR) is 55.0 cm³/mol. The molecule has 0 N–H and O–H groups in total. The van der Waals surface area contributed by atoms with E-state index in [0.717, 1.165) is 13.1 Å². The first-order valence-electron chi connectivity index (χ1n) is 4.76. The lowest BCUT2D eigenvalue weighted by Gasteiger charge is -2.33. The van der Waals surface area contributed by atoms with Crippen molar-refractivity contribution in [3.8, 4) is 0 Å². The summed E-state index contributed by atoms with van der Waals surface area (Å²) in [5.74, 6) is 0. The lowest BCUT2D eigenvalue weighted by Crippen LogP contribution is -2.44. The van der Waals surface area contributed by atoms with E-state index in [0.29, 0.717) is 0 Å². The highest BCUT2D eigenvalue weighted by Gasteiger charge is 2.13. The minimum absolute atomic E-state index is 1.14. The lowest BCUT2D eigenvalue weighted by atomic mass is 10.2. The topological polar surface area (TPSA) is 6.48 Å². The second-order valence-electron chi connectivity index (χ2n) is 3.55. The van der Waals surface area contributed by atoms with Crippen LogP contribution in [0.1, 0.15) is 0 Å². The first-order valence-corrected chi connectivity index (χ1v) is 4.76. The number of anilines is 1. The van der Waals surface area contributed by atoms with Gasteiger partial charge in [0.25, 0.3) is 0 Å². The molecule has 69 valence electrons. The zero-order valence-corrected chi connectivity index (χ0v) is 8.03. The highest BCUT2D eigenvalue weighted by atomic mass is 15.2. The normalized spacial score (nSPS) is 19.0. The minimum atomic E-state index is 1.14. The van der Waals surface area contributed by atoms with Crippen LogP contribution in [0.4, 0.5) is 5.69 Å². The van der Waals surface area contributed by atoms with Gasteiger partial charge in [0.15, 0.2) is 0 Å². The molecule has 1 aliphatic rings. The van der Waals surface area contributed by atoms with Crippen LogP contribution in [-0.2, 0) is 0 Å². The van der Waals surface area contributed by atoms with E-state index in [-0.39, 0.29) is 0 Å². The smallest absolute Gasteiger partial charge is 0.0367 e. The lowest BCUT2D eigenvalue weighted by molar-refractivity contribution is 0.313. The molecule has 2 nitrogen and oxygen atoms in total. The van der Waals surface area contributed by atoms with Crippen LogP contribution in [0.5, 0.6) is 0 Å². The van der Waals surface area contributed by atoms with E-state index in [4.69, 9.17) is 0 Å². The molecule has 13 heavy (non-hydrogen) atoms. The van der Waals surface area contributed by atoms with Gasteiger partial charge in [0.05, 0.1) is 0 Å². The molecule has 0 saturated carbocycles. The molecule has 0 spiro atoms. The zero-order chi connectivity index (χ0) is 9.10. The molecule has 0 aliphatic carbocycles. The molecule has 0 aromatic heterocycles. The highest BCUT2D eigenvalue weighted by Crippen LogP contribution is 2.14. The van der Waals surface area contributed by atoms with Crippen LogP contribution >= 0.6 is 0 Å². The largest absolute Gasteiger partial charge is 0.369 e. The first kappa shape index (κ1) is 8.57. The first-order chi connectivity index (χ1) is 6.36. The fourth-order valence-electron chi connectivity index (χ4n) is 1.65. The Bertz CT molecular complexity index is 250. The van der Waals surface area contributed by atoms with Crippen LogP contribution < -0.4 is 4.90 Å². The second-order valence-corrected chi connectivity index (χ2v) is 3.55. The van der Waals surface area contributed by atoms with Crippen molar-refractivity contribution >= 4 is 5.69 Å². The summed E-state index contributed by atoms with van der Waals surface area (Å²) in [4.78, 5) is 4.79. The molecule has 1 aromatic carbocycles. The maximum Gasteiger partial charge on any atom is 0.0367 e. The van der Waals surface area contributed by atoms with Gasteiger partial charge < -0.3 is 9.80 Å². The summed E-state index contributed by atoms with van der Waals surface area (Å²) in [5, 5.41) is 0. The van der Waals surface area contributed by atoms with Crippen LogP contribution in [0, 0.1) is 6.07 Å².